The fraction of sp³-hybridized carbons (Fsp3) is 0.538. The van der Waals surface area contributed by atoms with E-state index in [1.54, 1.807) is 24.3 Å². The number of anilines is 1. The molecule has 0 saturated carbocycles. The van der Waals surface area contributed by atoms with Crippen molar-refractivity contribution in [2.45, 2.75) is 31.4 Å². The predicted molar refractivity (Wildman–Crippen MR) is 91.0 cm³/mol. The Bertz CT molecular complexity index is 705. The van der Waals surface area contributed by atoms with E-state index in [0.717, 1.165) is 5.56 Å². The molecule has 1 rings (SSSR count). The lowest BCUT2D eigenvalue weighted by molar-refractivity contribution is 0.513. The molecule has 2 atom stereocenters. The zero-order valence-electron chi connectivity index (χ0n) is 13.1. The lowest BCUT2D eigenvalue weighted by atomic mass is 10.2. The zero-order valence-corrected chi connectivity index (χ0v) is 14.7. The second-order valence-electron chi connectivity index (χ2n) is 5.15. The standard InChI is InChI=1S/C13H19FN4O4S2/c1-11-4-6-12(7-5-11)18(23(19)20)10-2-3-13(24(14,21)22)8-9-16-17-15/h4-7,13H,2-3,8-10H2,1H3,(H,19,20). The molecule has 0 aliphatic rings. The lowest BCUT2D eigenvalue weighted by Crippen LogP contribution is -2.28. The Kier molecular flexibility index (Phi) is 8.13. The molecule has 0 amide bonds. The van der Waals surface area contributed by atoms with Gasteiger partial charge in [0.2, 0.25) is 0 Å². The fourth-order valence-electron chi connectivity index (χ4n) is 2.14. The smallest absolute Gasteiger partial charge is 0.289 e. The summed E-state index contributed by atoms with van der Waals surface area (Å²) >= 11 is -2.28. The molecule has 11 heteroatoms. The minimum absolute atomic E-state index is 0.0423. The number of halogens is 1. The van der Waals surface area contributed by atoms with Crippen LogP contribution in [-0.4, -0.2) is 35.5 Å². The van der Waals surface area contributed by atoms with Crippen LogP contribution in [0.2, 0.25) is 0 Å². The third kappa shape index (κ3) is 6.83. The molecule has 8 nitrogen and oxygen atoms in total. The minimum Gasteiger partial charge on any atom is -0.289 e. The van der Waals surface area contributed by atoms with E-state index >= 15 is 0 Å². The molecular weight excluding hydrogens is 359 g/mol. The summed E-state index contributed by atoms with van der Waals surface area (Å²) in [4.78, 5) is 2.49. The van der Waals surface area contributed by atoms with E-state index in [2.05, 4.69) is 10.0 Å². The first kappa shape index (κ1) is 20.4. The van der Waals surface area contributed by atoms with E-state index in [0.29, 0.717) is 5.69 Å². The highest BCUT2D eigenvalue weighted by Crippen LogP contribution is 2.20. The molecule has 24 heavy (non-hydrogen) atoms. The second-order valence-corrected chi connectivity index (χ2v) is 7.67. The number of rotatable bonds is 10. The summed E-state index contributed by atoms with van der Waals surface area (Å²) in [6.07, 6.45) is 0.0131. The Hall–Kier alpha value is -1.68. The number of azide groups is 1. The summed E-state index contributed by atoms with van der Waals surface area (Å²) in [6.45, 7) is 1.84. The molecule has 0 aromatic heterocycles. The zero-order chi connectivity index (χ0) is 18.2. The summed E-state index contributed by atoms with van der Waals surface area (Å²) in [5.41, 5.74) is 9.68. The van der Waals surface area contributed by atoms with Gasteiger partial charge in [0.05, 0.1) is 10.9 Å². The average Bonchev–Trinajstić information content (AvgIpc) is 2.49. The van der Waals surface area contributed by atoms with Crippen molar-refractivity contribution < 1.29 is 21.1 Å². The van der Waals surface area contributed by atoms with Crippen LogP contribution >= 0.6 is 0 Å². The van der Waals surface area contributed by atoms with Gasteiger partial charge in [0.25, 0.3) is 11.3 Å². The van der Waals surface area contributed by atoms with Crippen molar-refractivity contribution in [2.24, 2.45) is 5.11 Å². The van der Waals surface area contributed by atoms with E-state index in [-0.39, 0.29) is 32.4 Å². The summed E-state index contributed by atoms with van der Waals surface area (Å²) in [7, 11) is -4.77. The van der Waals surface area contributed by atoms with Crippen LogP contribution < -0.4 is 4.31 Å². The molecule has 0 aliphatic heterocycles. The van der Waals surface area contributed by atoms with E-state index in [4.69, 9.17) is 5.53 Å². The van der Waals surface area contributed by atoms with Crippen molar-refractivity contribution in [1.82, 2.24) is 0 Å². The van der Waals surface area contributed by atoms with Crippen molar-refractivity contribution in [3.05, 3.63) is 40.3 Å². The SMILES string of the molecule is Cc1ccc(N(CCCC(CCN=[N+]=[N-])S(=O)(=O)F)S(=O)O)cc1. The molecule has 0 spiro atoms. The van der Waals surface area contributed by atoms with Gasteiger partial charge in [-0.25, -0.2) is 4.21 Å². The second kappa shape index (κ2) is 9.58. The van der Waals surface area contributed by atoms with Crippen molar-refractivity contribution in [3.8, 4) is 0 Å². The molecule has 2 unspecified atom stereocenters. The minimum atomic E-state index is -4.77. The Morgan fingerprint density at radius 1 is 1.38 bits per heavy atom. The van der Waals surface area contributed by atoms with Gasteiger partial charge in [0.1, 0.15) is 0 Å². The van der Waals surface area contributed by atoms with Gasteiger partial charge >= 0.3 is 10.2 Å². The highest BCUT2D eigenvalue weighted by atomic mass is 32.3. The normalized spacial score (nSPS) is 13.8. The Balaban J connectivity index is 2.70. The molecule has 134 valence electrons. The number of benzene rings is 1. The molecule has 1 N–H and O–H groups in total. The van der Waals surface area contributed by atoms with Gasteiger partial charge in [-0.15, -0.1) is 3.89 Å². The fourth-order valence-corrected chi connectivity index (χ4v) is 3.57. The predicted octanol–water partition coefficient (Wildman–Crippen LogP) is 3.09. The number of aryl methyl sites for hydroxylation is 1. The number of hydrogen-bond donors (Lipinski definition) is 1. The first-order valence-corrected chi connectivity index (χ1v) is 9.66. The van der Waals surface area contributed by atoms with Crippen LogP contribution in [0.5, 0.6) is 0 Å². The summed E-state index contributed by atoms with van der Waals surface area (Å²) in [6, 6.07) is 6.91. The van der Waals surface area contributed by atoms with Crippen molar-refractivity contribution in [3.63, 3.8) is 0 Å². The van der Waals surface area contributed by atoms with Crippen LogP contribution in [0.1, 0.15) is 24.8 Å². The van der Waals surface area contributed by atoms with Crippen LogP contribution in [0.15, 0.2) is 29.4 Å². The molecule has 0 aliphatic carbocycles. The Morgan fingerprint density at radius 2 is 2.00 bits per heavy atom. The molecule has 1 aromatic carbocycles. The van der Waals surface area contributed by atoms with Gasteiger partial charge in [-0.1, -0.05) is 22.8 Å². The molecule has 0 radical (unpaired) electrons. The molecule has 0 saturated heterocycles. The van der Waals surface area contributed by atoms with Crippen LogP contribution in [0.25, 0.3) is 10.4 Å². The third-order valence-corrected chi connectivity index (χ3v) is 5.45. The van der Waals surface area contributed by atoms with Gasteiger partial charge in [-0.3, -0.25) is 8.86 Å². The topological polar surface area (TPSA) is 123 Å². The first-order valence-electron chi connectivity index (χ1n) is 7.15. The monoisotopic (exact) mass is 378 g/mol. The average molecular weight is 378 g/mol. The summed E-state index contributed by atoms with van der Waals surface area (Å²) in [5, 5.41) is 1.91. The van der Waals surface area contributed by atoms with Crippen LogP contribution in [0.4, 0.5) is 9.57 Å². The first-order chi connectivity index (χ1) is 11.3. The van der Waals surface area contributed by atoms with Gasteiger partial charge in [0, 0.05) is 18.0 Å². The third-order valence-electron chi connectivity index (χ3n) is 3.41. The molecule has 0 bridgehead atoms. The maximum Gasteiger partial charge on any atom is 0.305 e. The lowest BCUT2D eigenvalue weighted by Gasteiger charge is -2.21. The van der Waals surface area contributed by atoms with Crippen LogP contribution in [0.3, 0.4) is 0 Å². The van der Waals surface area contributed by atoms with Gasteiger partial charge < -0.3 is 0 Å². The Morgan fingerprint density at radius 3 is 2.50 bits per heavy atom. The quantitative estimate of drug-likeness (QED) is 0.221. The van der Waals surface area contributed by atoms with Crippen LogP contribution in [-0.2, 0) is 21.5 Å². The van der Waals surface area contributed by atoms with Crippen molar-refractivity contribution in [1.29, 1.82) is 0 Å². The highest BCUT2D eigenvalue weighted by molar-refractivity contribution is 7.87. The van der Waals surface area contributed by atoms with Crippen LogP contribution in [0, 0.1) is 6.92 Å². The molecular formula is C13H19FN4O4S2. The molecule has 0 heterocycles. The summed E-state index contributed by atoms with van der Waals surface area (Å²) in [5.74, 6) is 0. The maximum absolute atomic E-state index is 13.2. The largest absolute Gasteiger partial charge is 0.305 e. The Labute approximate surface area is 142 Å². The molecule has 0 fully saturated rings. The van der Waals surface area contributed by atoms with Gasteiger partial charge in [0.15, 0.2) is 0 Å². The van der Waals surface area contributed by atoms with E-state index in [9.17, 15) is 21.1 Å². The van der Waals surface area contributed by atoms with E-state index < -0.39 is 26.7 Å². The van der Waals surface area contributed by atoms with Crippen molar-refractivity contribution in [2.75, 3.05) is 17.4 Å². The highest BCUT2D eigenvalue weighted by Gasteiger charge is 2.24. The van der Waals surface area contributed by atoms with Crippen molar-refractivity contribution >= 4 is 27.2 Å². The maximum atomic E-state index is 13.2. The van der Waals surface area contributed by atoms with E-state index in [1.807, 2.05) is 6.92 Å². The van der Waals surface area contributed by atoms with E-state index in [1.165, 1.54) is 4.31 Å². The molecule has 1 aromatic rings. The van der Waals surface area contributed by atoms with Gasteiger partial charge in [-0.2, -0.15) is 8.42 Å². The van der Waals surface area contributed by atoms with Gasteiger partial charge in [-0.05, 0) is 43.9 Å². The number of nitrogens with zero attached hydrogens (tertiary/aromatic N) is 4. The number of hydrogen-bond acceptors (Lipinski definition) is 4. The summed E-state index contributed by atoms with van der Waals surface area (Å²) < 4.78 is 57.5.